The lowest BCUT2D eigenvalue weighted by Gasteiger charge is -2.40. The quantitative estimate of drug-likeness (QED) is 0.528. The molecule has 0 spiro atoms. The minimum Gasteiger partial charge on any atom is -0.342 e. The van der Waals surface area contributed by atoms with Crippen LogP contribution in [-0.4, -0.2) is 62.6 Å². The fourth-order valence-corrected chi connectivity index (χ4v) is 4.99. The Bertz CT molecular complexity index is 983. The van der Waals surface area contributed by atoms with Gasteiger partial charge in [0.05, 0.1) is 17.6 Å². The van der Waals surface area contributed by atoms with Crippen molar-refractivity contribution in [3.63, 3.8) is 0 Å². The molecule has 3 aromatic rings. The van der Waals surface area contributed by atoms with E-state index in [4.69, 9.17) is 0 Å². The van der Waals surface area contributed by atoms with Gasteiger partial charge in [0.15, 0.2) is 0 Å². The summed E-state index contributed by atoms with van der Waals surface area (Å²) in [6, 6.07) is 12.2. The molecule has 0 unspecified atom stereocenters. The van der Waals surface area contributed by atoms with Crippen LogP contribution in [0.5, 0.6) is 0 Å². The van der Waals surface area contributed by atoms with Gasteiger partial charge in [0.2, 0.25) is 11.8 Å². The zero-order valence-electron chi connectivity index (χ0n) is 18.3. The summed E-state index contributed by atoms with van der Waals surface area (Å²) in [7, 11) is 1.90. The maximum atomic E-state index is 13.0. The van der Waals surface area contributed by atoms with Crippen molar-refractivity contribution in [1.82, 2.24) is 24.6 Å². The van der Waals surface area contributed by atoms with Crippen molar-refractivity contribution >= 4 is 23.2 Å². The van der Waals surface area contributed by atoms with Crippen molar-refractivity contribution < 1.29 is 9.59 Å². The Hall–Kier alpha value is -3.00. The number of piperidine rings is 1. The summed E-state index contributed by atoms with van der Waals surface area (Å²) in [4.78, 5) is 33.8. The summed E-state index contributed by atoms with van der Waals surface area (Å²) in [5.74, 6) is 0.527. The number of hydrogen-bond donors (Lipinski definition) is 0. The molecule has 2 aromatic heterocycles. The molecule has 7 nitrogen and oxygen atoms in total. The van der Waals surface area contributed by atoms with Crippen LogP contribution in [0.25, 0.3) is 0 Å². The zero-order valence-corrected chi connectivity index (χ0v) is 19.2. The molecule has 1 saturated heterocycles. The largest absolute Gasteiger partial charge is 0.342 e. The molecule has 1 aromatic carbocycles. The van der Waals surface area contributed by atoms with E-state index in [0.29, 0.717) is 12.3 Å². The minimum atomic E-state index is 0.0525. The summed E-state index contributed by atoms with van der Waals surface area (Å²) in [6.07, 6.45) is 6.44. The lowest BCUT2D eigenvalue weighted by molar-refractivity contribution is -0.136. The van der Waals surface area contributed by atoms with Crippen LogP contribution in [0, 0.1) is 5.92 Å². The lowest BCUT2D eigenvalue weighted by atomic mass is 9.84. The van der Waals surface area contributed by atoms with Crippen LogP contribution in [0.2, 0.25) is 0 Å². The third-order valence-electron chi connectivity index (χ3n) is 6.29. The normalized spacial score (nSPS) is 15.5. The Morgan fingerprint density at radius 2 is 1.97 bits per heavy atom. The molecule has 2 amide bonds. The predicted molar refractivity (Wildman–Crippen MR) is 124 cm³/mol. The number of benzene rings is 1. The number of likely N-dealkylation sites (tertiary alicyclic amines) is 1. The average Bonchev–Trinajstić information content (AvgIpc) is 3.52. The SMILES string of the molecule is CN(C(=O)Cn1cccn1)[C@H](Cc1ccccc1)C1CCN(C(=O)Cc2cscn2)CC1. The molecule has 168 valence electrons. The fraction of sp³-hybridized carbons (Fsp3) is 0.417. The van der Waals surface area contributed by atoms with Crippen LogP contribution >= 0.6 is 11.3 Å². The van der Waals surface area contributed by atoms with Gasteiger partial charge >= 0.3 is 0 Å². The topological polar surface area (TPSA) is 71.3 Å². The number of rotatable bonds is 8. The van der Waals surface area contributed by atoms with Crippen molar-refractivity contribution in [3.8, 4) is 0 Å². The van der Waals surface area contributed by atoms with Crippen LogP contribution in [0.3, 0.4) is 0 Å². The molecule has 1 aliphatic heterocycles. The molecule has 1 atom stereocenters. The first-order valence-corrected chi connectivity index (χ1v) is 12.0. The van der Waals surface area contributed by atoms with Crippen molar-refractivity contribution in [2.45, 2.75) is 38.3 Å². The van der Waals surface area contributed by atoms with Gasteiger partial charge in [0.1, 0.15) is 6.54 Å². The molecule has 0 aliphatic carbocycles. The van der Waals surface area contributed by atoms with Crippen molar-refractivity contribution in [3.05, 3.63) is 70.9 Å². The Kier molecular flexibility index (Phi) is 7.32. The molecule has 32 heavy (non-hydrogen) atoms. The Morgan fingerprint density at radius 3 is 2.62 bits per heavy atom. The van der Waals surface area contributed by atoms with Gasteiger partial charge in [-0.3, -0.25) is 14.3 Å². The number of carbonyl (C=O) groups excluding carboxylic acids is 2. The van der Waals surface area contributed by atoms with Gasteiger partial charge in [-0.05, 0) is 36.8 Å². The first kappa shape index (κ1) is 22.2. The molecular formula is C24H29N5O2S. The number of nitrogens with zero attached hydrogens (tertiary/aromatic N) is 5. The Balaban J connectivity index is 1.41. The van der Waals surface area contributed by atoms with E-state index in [-0.39, 0.29) is 24.4 Å². The van der Waals surface area contributed by atoms with E-state index >= 15 is 0 Å². The van der Waals surface area contributed by atoms with E-state index < -0.39 is 0 Å². The number of thiazole rings is 1. The average molecular weight is 452 g/mol. The summed E-state index contributed by atoms with van der Waals surface area (Å²) in [6.45, 7) is 1.68. The summed E-state index contributed by atoms with van der Waals surface area (Å²) in [5, 5.41) is 6.11. The van der Waals surface area contributed by atoms with Crippen LogP contribution in [0.1, 0.15) is 24.1 Å². The number of carbonyl (C=O) groups is 2. The molecule has 0 N–H and O–H groups in total. The molecule has 1 aliphatic rings. The third-order valence-corrected chi connectivity index (χ3v) is 6.92. The molecule has 0 saturated carbocycles. The monoisotopic (exact) mass is 451 g/mol. The highest BCUT2D eigenvalue weighted by Gasteiger charge is 2.32. The maximum Gasteiger partial charge on any atom is 0.244 e. The van der Waals surface area contributed by atoms with Gasteiger partial charge in [-0.25, -0.2) is 4.98 Å². The number of aromatic nitrogens is 3. The maximum absolute atomic E-state index is 13.0. The van der Waals surface area contributed by atoms with Crippen LogP contribution in [-0.2, 0) is 29.0 Å². The van der Waals surface area contributed by atoms with Crippen molar-refractivity contribution in [2.24, 2.45) is 5.92 Å². The Morgan fingerprint density at radius 1 is 1.19 bits per heavy atom. The molecule has 3 heterocycles. The summed E-state index contributed by atoms with van der Waals surface area (Å²) in [5.41, 5.74) is 3.82. The first-order valence-electron chi connectivity index (χ1n) is 11.0. The van der Waals surface area contributed by atoms with E-state index in [2.05, 4.69) is 22.2 Å². The van der Waals surface area contributed by atoms with Crippen molar-refractivity contribution in [1.29, 1.82) is 0 Å². The van der Waals surface area contributed by atoms with Gasteiger partial charge in [0, 0.05) is 44.0 Å². The highest BCUT2D eigenvalue weighted by Crippen LogP contribution is 2.27. The molecular weight excluding hydrogens is 422 g/mol. The highest BCUT2D eigenvalue weighted by molar-refractivity contribution is 7.07. The van der Waals surface area contributed by atoms with E-state index in [9.17, 15) is 9.59 Å². The second-order valence-electron chi connectivity index (χ2n) is 8.34. The number of hydrogen-bond acceptors (Lipinski definition) is 5. The fourth-order valence-electron chi connectivity index (χ4n) is 4.43. The highest BCUT2D eigenvalue weighted by atomic mass is 32.1. The molecule has 0 bridgehead atoms. The van der Waals surface area contributed by atoms with Gasteiger partial charge in [-0.2, -0.15) is 5.10 Å². The van der Waals surface area contributed by atoms with Crippen LogP contribution in [0.15, 0.2) is 59.7 Å². The minimum absolute atomic E-state index is 0.0525. The van der Waals surface area contributed by atoms with Gasteiger partial charge in [-0.15, -0.1) is 11.3 Å². The number of likely N-dealkylation sites (N-methyl/N-ethyl adjacent to an activating group) is 1. The van der Waals surface area contributed by atoms with Crippen LogP contribution in [0.4, 0.5) is 0 Å². The van der Waals surface area contributed by atoms with Crippen LogP contribution < -0.4 is 0 Å². The second kappa shape index (κ2) is 10.5. The zero-order chi connectivity index (χ0) is 22.3. The molecule has 4 rings (SSSR count). The predicted octanol–water partition coefficient (Wildman–Crippen LogP) is 2.89. The first-order chi connectivity index (χ1) is 15.6. The molecule has 1 fully saturated rings. The smallest absolute Gasteiger partial charge is 0.244 e. The number of amides is 2. The van der Waals surface area contributed by atoms with Gasteiger partial charge in [0.25, 0.3) is 0 Å². The van der Waals surface area contributed by atoms with Gasteiger partial charge in [-0.1, -0.05) is 30.3 Å². The molecule has 8 heteroatoms. The third kappa shape index (κ3) is 5.62. The summed E-state index contributed by atoms with van der Waals surface area (Å²) < 4.78 is 1.66. The standard InChI is InChI=1S/C24H29N5O2S/c1-27(24(31)16-29-11-5-10-26-29)22(14-19-6-3-2-4-7-19)20-8-12-28(13-9-20)23(30)15-21-17-32-18-25-21/h2-7,10-11,17-18,20,22H,8-9,12-16H2,1H3/t22-/m1/s1. The lowest BCUT2D eigenvalue weighted by Crippen LogP contribution is -2.49. The van der Waals surface area contributed by atoms with E-state index in [1.807, 2.05) is 52.7 Å². The van der Waals surface area contributed by atoms with E-state index in [0.717, 1.165) is 38.0 Å². The Labute approximate surface area is 192 Å². The molecule has 0 radical (unpaired) electrons. The van der Waals surface area contributed by atoms with Crippen molar-refractivity contribution in [2.75, 3.05) is 20.1 Å². The van der Waals surface area contributed by atoms with Gasteiger partial charge < -0.3 is 9.80 Å². The van der Waals surface area contributed by atoms with E-state index in [1.54, 1.807) is 16.4 Å². The summed E-state index contributed by atoms with van der Waals surface area (Å²) >= 11 is 1.51. The van der Waals surface area contributed by atoms with E-state index in [1.165, 1.54) is 16.9 Å². The second-order valence-corrected chi connectivity index (χ2v) is 9.06.